The number of nitrogens with zero attached hydrogens (tertiary/aromatic N) is 3. The van der Waals surface area contributed by atoms with E-state index in [1.54, 1.807) is 32.4 Å². The first-order chi connectivity index (χ1) is 14.5. The highest BCUT2D eigenvalue weighted by Crippen LogP contribution is 2.23. The number of aryl methyl sites for hydroxylation is 1. The molecule has 3 rings (SSSR count). The fraction of sp³-hybridized carbons (Fsp3) is 0.286. The number of carbonyl (C=O) groups excluding carboxylic acids is 2. The van der Waals surface area contributed by atoms with Gasteiger partial charge in [-0.15, -0.1) is 11.3 Å². The summed E-state index contributed by atoms with van der Waals surface area (Å²) in [6.07, 6.45) is 1.39. The number of hydrogen-bond donors (Lipinski definition) is 1. The number of methoxy groups -OCH3 is 1. The fourth-order valence-corrected chi connectivity index (χ4v) is 3.63. The Kier molecular flexibility index (Phi) is 7.08. The number of carbonyl (C=O) groups is 2. The molecule has 1 amide bonds. The van der Waals surface area contributed by atoms with Gasteiger partial charge in [-0.25, -0.2) is 4.79 Å². The van der Waals surface area contributed by atoms with Crippen LogP contribution in [-0.2, 0) is 23.1 Å². The van der Waals surface area contributed by atoms with Crippen LogP contribution in [0.1, 0.15) is 22.2 Å². The summed E-state index contributed by atoms with van der Waals surface area (Å²) in [6.45, 7) is 2.64. The van der Waals surface area contributed by atoms with Crippen LogP contribution >= 0.6 is 11.3 Å². The molecule has 2 aromatic heterocycles. The maximum Gasteiger partial charge on any atom is 0.343 e. The first-order valence-electron chi connectivity index (χ1n) is 9.42. The zero-order chi connectivity index (χ0) is 21.5. The van der Waals surface area contributed by atoms with E-state index in [9.17, 15) is 9.59 Å². The van der Waals surface area contributed by atoms with Crippen molar-refractivity contribution in [1.82, 2.24) is 9.78 Å². The molecule has 2 heterocycles. The number of amides is 1. The van der Waals surface area contributed by atoms with E-state index < -0.39 is 5.97 Å². The van der Waals surface area contributed by atoms with Crippen molar-refractivity contribution in [2.24, 2.45) is 7.05 Å². The number of ether oxygens (including phenoxy) is 2. The molecule has 158 valence electrons. The minimum atomic E-state index is -0.522. The first kappa shape index (κ1) is 21.4. The number of benzene rings is 1. The number of hydrogen-bond acceptors (Lipinski definition) is 7. The standard InChI is InChI=1S/C21H24N4O4S/c1-4-29-21(27)18-12-22-24(2)20(18)23-19(26)14-25(13-17-6-5-11-30-17)15-7-9-16(28-3)10-8-15/h5-12H,4,13-14H2,1-3H3,(H,23,26). The monoisotopic (exact) mass is 428 g/mol. The summed E-state index contributed by atoms with van der Waals surface area (Å²) in [7, 11) is 3.27. The third kappa shape index (κ3) is 5.18. The van der Waals surface area contributed by atoms with Crippen molar-refractivity contribution < 1.29 is 19.1 Å². The highest BCUT2D eigenvalue weighted by Gasteiger charge is 2.21. The van der Waals surface area contributed by atoms with Crippen LogP contribution in [0.5, 0.6) is 5.75 Å². The first-order valence-corrected chi connectivity index (χ1v) is 10.3. The molecule has 8 nitrogen and oxygen atoms in total. The molecule has 0 aliphatic heterocycles. The second-order valence-corrected chi connectivity index (χ2v) is 7.46. The van der Waals surface area contributed by atoms with Crippen LogP contribution in [-0.4, -0.2) is 41.9 Å². The van der Waals surface area contributed by atoms with Crippen molar-refractivity contribution >= 4 is 34.7 Å². The Bertz CT molecular complexity index is 983. The SMILES string of the molecule is CCOC(=O)c1cnn(C)c1NC(=O)CN(Cc1cccs1)c1ccc(OC)cc1. The Morgan fingerprint density at radius 1 is 1.23 bits per heavy atom. The molecule has 0 unspecified atom stereocenters. The van der Waals surface area contributed by atoms with Gasteiger partial charge in [0.15, 0.2) is 0 Å². The third-order valence-electron chi connectivity index (χ3n) is 4.39. The number of thiophene rings is 1. The largest absolute Gasteiger partial charge is 0.497 e. The van der Waals surface area contributed by atoms with Crippen LogP contribution in [0.25, 0.3) is 0 Å². The van der Waals surface area contributed by atoms with Crippen molar-refractivity contribution in [2.75, 3.05) is 30.5 Å². The second-order valence-electron chi connectivity index (χ2n) is 6.43. The minimum Gasteiger partial charge on any atom is -0.497 e. The molecule has 0 bridgehead atoms. The summed E-state index contributed by atoms with van der Waals surface area (Å²) >= 11 is 1.63. The number of esters is 1. The summed E-state index contributed by atoms with van der Waals surface area (Å²) < 4.78 is 11.7. The molecule has 0 aliphatic rings. The van der Waals surface area contributed by atoms with Crippen LogP contribution in [0.15, 0.2) is 48.0 Å². The summed E-state index contributed by atoms with van der Waals surface area (Å²) in [4.78, 5) is 28.1. The predicted molar refractivity (Wildman–Crippen MR) is 116 cm³/mol. The lowest BCUT2D eigenvalue weighted by molar-refractivity contribution is -0.115. The lowest BCUT2D eigenvalue weighted by Gasteiger charge is -2.24. The number of nitrogens with one attached hydrogen (secondary N) is 1. The second kappa shape index (κ2) is 9.93. The van der Waals surface area contributed by atoms with E-state index in [1.165, 1.54) is 10.9 Å². The number of anilines is 2. The molecule has 0 fully saturated rings. The van der Waals surface area contributed by atoms with E-state index in [0.29, 0.717) is 12.4 Å². The van der Waals surface area contributed by atoms with Gasteiger partial charge in [-0.1, -0.05) is 6.07 Å². The van der Waals surface area contributed by atoms with Crippen molar-refractivity contribution in [3.05, 3.63) is 58.4 Å². The van der Waals surface area contributed by atoms with Crippen LogP contribution in [0.2, 0.25) is 0 Å². The van der Waals surface area contributed by atoms with E-state index in [2.05, 4.69) is 10.4 Å². The van der Waals surface area contributed by atoms with Gasteiger partial charge in [-0.2, -0.15) is 5.10 Å². The Labute approximate surface area is 179 Å². The van der Waals surface area contributed by atoms with Gasteiger partial charge in [0.25, 0.3) is 0 Å². The molecule has 0 radical (unpaired) electrons. The van der Waals surface area contributed by atoms with E-state index in [0.717, 1.165) is 16.3 Å². The average Bonchev–Trinajstić information content (AvgIpc) is 3.38. The summed E-state index contributed by atoms with van der Waals surface area (Å²) in [5, 5.41) is 8.87. The van der Waals surface area contributed by atoms with Crippen molar-refractivity contribution in [3.63, 3.8) is 0 Å². The van der Waals surface area contributed by atoms with E-state index >= 15 is 0 Å². The molecule has 0 saturated heterocycles. The highest BCUT2D eigenvalue weighted by molar-refractivity contribution is 7.09. The van der Waals surface area contributed by atoms with Crippen molar-refractivity contribution in [1.29, 1.82) is 0 Å². The highest BCUT2D eigenvalue weighted by atomic mass is 32.1. The molecule has 0 atom stereocenters. The Balaban J connectivity index is 1.78. The van der Waals surface area contributed by atoms with Gasteiger partial charge in [0, 0.05) is 17.6 Å². The zero-order valence-electron chi connectivity index (χ0n) is 17.1. The molecule has 9 heteroatoms. The fourth-order valence-electron chi connectivity index (χ4n) is 2.91. The minimum absolute atomic E-state index is 0.0949. The van der Waals surface area contributed by atoms with Crippen LogP contribution in [0.3, 0.4) is 0 Å². The van der Waals surface area contributed by atoms with Crippen molar-refractivity contribution in [3.8, 4) is 5.75 Å². The molecule has 0 saturated carbocycles. The molecule has 3 aromatic rings. The van der Waals surface area contributed by atoms with Crippen molar-refractivity contribution in [2.45, 2.75) is 13.5 Å². The van der Waals surface area contributed by atoms with Crippen LogP contribution in [0.4, 0.5) is 11.5 Å². The lowest BCUT2D eigenvalue weighted by atomic mass is 10.2. The molecule has 0 spiro atoms. The van der Waals surface area contributed by atoms with Gasteiger partial charge in [-0.3, -0.25) is 9.48 Å². The molecular weight excluding hydrogens is 404 g/mol. The zero-order valence-corrected chi connectivity index (χ0v) is 17.9. The summed E-state index contributed by atoms with van der Waals surface area (Å²) in [5.41, 5.74) is 1.11. The topological polar surface area (TPSA) is 85.7 Å². The predicted octanol–water partition coefficient (Wildman–Crippen LogP) is 3.31. The van der Waals surface area contributed by atoms with E-state index in [1.807, 2.05) is 46.7 Å². The molecule has 1 aromatic carbocycles. The van der Waals surface area contributed by atoms with Crippen LogP contribution < -0.4 is 15.0 Å². The molecular formula is C21H24N4O4S. The third-order valence-corrected chi connectivity index (χ3v) is 5.25. The van der Waals surface area contributed by atoms with Gasteiger partial charge < -0.3 is 19.7 Å². The van der Waals surface area contributed by atoms with Gasteiger partial charge in [0.1, 0.15) is 17.1 Å². The summed E-state index contributed by atoms with van der Waals surface area (Å²) in [5.74, 6) is 0.264. The molecule has 30 heavy (non-hydrogen) atoms. The van der Waals surface area contributed by atoms with E-state index in [-0.39, 0.29) is 24.6 Å². The van der Waals surface area contributed by atoms with Gasteiger partial charge >= 0.3 is 5.97 Å². The van der Waals surface area contributed by atoms with E-state index in [4.69, 9.17) is 9.47 Å². The number of aromatic nitrogens is 2. The van der Waals surface area contributed by atoms with Gasteiger partial charge in [0.2, 0.25) is 5.91 Å². The molecule has 1 N–H and O–H groups in total. The van der Waals surface area contributed by atoms with Gasteiger partial charge in [-0.05, 0) is 42.6 Å². The Hall–Kier alpha value is -3.33. The smallest absolute Gasteiger partial charge is 0.343 e. The Morgan fingerprint density at radius 3 is 2.63 bits per heavy atom. The Morgan fingerprint density at radius 2 is 2.00 bits per heavy atom. The maximum atomic E-state index is 12.9. The summed E-state index contributed by atoms with van der Waals surface area (Å²) in [6, 6.07) is 11.5. The van der Waals surface area contributed by atoms with Crippen LogP contribution in [0, 0.1) is 0 Å². The molecule has 0 aliphatic carbocycles. The normalized spacial score (nSPS) is 10.5. The average molecular weight is 429 g/mol. The maximum absolute atomic E-state index is 12.9. The van der Waals surface area contributed by atoms with Gasteiger partial charge in [0.05, 0.1) is 33.0 Å². The number of rotatable bonds is 9. The quantitative estimate of drug-likeness (QED) is 0.526. The lowest BCUT2D eigenvalue weighted by Crippen LogP contribution is -2.33.